The molecule has 0 atom stereocenters. The van der Waals surface area contributed by atoms with Gasteiger partial charge in [-0.15, -0.1) is 0 Å². The Kier molecular flexibility index (Phi) is 3.32. The quantitative estimate of drug-likeness (QED) is 0.490. The Bertz CT molecular complexity index is 20.9. The number of nitrogens with zero attached hydrogens (tertiary/aromatic N) is 1. The summed E-state index contributed by atoms with van der Waals surface area (Å²) in [5.74, 6) is 0. The van der Waals surface area contributed by atoms with E-state index < -0.39 is 0 Å². The maximum absolute atomic E-state index is 2.17. The van der Waals surface area contributed by atoms with Gasteiger partial charge in [0.25, 0.3) is 0 Å². The van der Waals surface area contributed by atoms with Gasteiger partial charge in [0.05, 0.1) is 0 Å². The number of hydrogen-bond donors (Lipinski definition) is 0. The van der Waals surface area contributed by atoms with Crippen LogP contribution >= 0.6 is 0 Å². The average Bonchev–Trinajstić information content (AvgIpc) is 1.38. The van der Waals surface area contributed by atoms with Gasteiger partial charge >= 0.3 is 45.1 Å². The van der Waals surface area contributed by atoms with E-state index in [2.05, 4.69) is 17.3 Å². The van der Waals surface area contributed by atoms with E-state index in [9.17, 15) is 0 Å². The zero-order chi connectivity index (χ0) is 4.28. The van der Waals surface area contributed by atoms with E-state index in [-0.39, 0.29) is 0 Å². The van der Waals surface area contributed by atoms with Crippen LogP contribution < -0.4 is 0 Å². The Balaban J connectivity index is 2.54. The van der Waals surface area contributed by atoms with Crippen molar-refractivity contribution in [3.8, 4) is 0 Å². The van der Waals surface area contributed by atoms with Crippen molar-refractivity contribution in [2.45, 2.75) is 6.92 Å². The summed E-state index contributed by atoms with van der Waals surface area (Å²) in [6.45, 7) is 3.30. The van der Waals surface area contributed by atoms with E-state index in [1.54, 1.807) is 21.3 Å². The summed E-state index contributed by atoms with van der Waals surface area (Å²) >= 11 is 1.75. The summed E-state index contributed by atoms with van der Waals surface area (Å²) in [5, 5.41) is 0. The Labute approximate surface area is 45.6 Å². The standard InChI is InChI=1S/C3H8N.Nb/c1-3-4-2;/h3H2,1-2H3;/q-1;+1. The molecular weight excluding hydrogens is 143 g/mol. The summed E-state index contributed by atoms with van der Waals surface area (Å²) in [6, 6.07) is 0. The molecule has 0 saturated heterocycles. The van der Waals surface area contributed by atoms with Crippen LogP contribution in [0.15, 0.2) is 0 Å². The molecule has 0 fully saturated rings. The topological polar surface area (TPSA) is 3.24 Å². The van der Waals surface area contributed by atoms with Gasteiger partial charge in [-0.2, -0.15) is 0 Å². The number of rotatable bonds is 1. The van der Waals surface area contributed by atoms with Crippen LogP contribution in [0.2, 0.25) is 0 Å². The Morgan fingerprint density at radius 2 is 2.00 bits per heavy atom. The zero-order valence-corrected chi connectivity index (χ0v) is 5.80. The molecule has 0 N–H and O–H groups in total. The second kappa shape index (κ2) is 2.91. The Hall–Kier alpha value is 0.700. The van der Waals surface area contributed by atoms with E-state index in [1.165, 1.54) is 0 Å². The monoisotopic (exact) mass is 151 g/mol. The molecule has 0 aliphatic carbocycles. The van der Waals surface area contributed by atoms with Gasteiger partial charge in [0.15, 0.2) is 0 Å². The normalized spacial score (nSPS) is 9.40. The molecule has 5 heavy (non-hydrogen) atoms. The first-order valence-corrected chi connectivity index (χ1v) is 2.65. The fourth-order valence-electron chi connectivity index (χ4n) is 0. The van der Waals surface area contributed by atoms with Crippen molar-refractivity contribution < 1.29 is 21.3 Å². The molecule has 0 aliphatic heterocycles. The van der Waals surface area contributed by atoms with Crippen molar-refractivity contribution in [3.05, 3.63) is 0 Å². The maximum atomic E-state index is 2.17. The third-order valence-corrected chi connectivity index (χ3v) is 1.15. The fourth-order valence-corrected chi connectivity index (χ4v) is 0. The number of hydrogen-bond acceptors (Lipinski definition) is 1. The molecule has 0 amide bonds. The Morgan fingerprint density at radius 1 is 1.80 bits per heavy atom. The third-order valence-electron chi connectivity index (χ3n) is 0.458. The molecule has 0 bridgehead atoms. The van der Waals surface area contributed by atoms with Crippen molar-refractivity contribution >= 4 is 0 Å². The SMILES string of the molecule is CC[N](C)[Nb]. The minimum atomic E-state index is 1.16. The molecule has 0 aromatic carbocycles. The third kappa shape index (κ3) is 4.70. The van der Waals surface area contributed by atoms with Crippen LogP contribution in [0.1, 0.15) is 6.92 Å². The van der Waals surface area contributed by atoms with Crippen LogP contribution in [0.4, 0.5) is 0 Å². The first-order chi connectivity index (χ1) is 2.27. The van der Waals surface area contributed by atoms with Crippen molar-refractivity contribution in [3.63, 3.8) is 0 Å². The van der Waals surface area contributed by atoms with E-state index in [0.717, 1.165) is 6.54 Å². The predicted octanol–water partition coefficient (Wildman–Crippen LogP) is 0.400. The molecule has 0 aliphatic rings. The van der Waals surface area contributed by atoms with E-state index in [4.69, 9.17) is 0 Å². The summed E-state index contributed by atoms with van der Waals surface area (Å²) in [4.78, 5) is 0. The van der Waals surface area contributed by atoms with Gasteiger partial charge in [0, 0.05) is 0 Å². The summed E-state index contributed by atoms with van der Waals surface area (Å²) < 4.78 is 2.17. The van der Waals surface area contributed by atoms with Crippen molar-refractivity contribution in [2.75, 3.05) is 13.6 Å². The van der Waals surface area contributed by atoms with Crippen LogP contribution in [-0.4, -0.2) is 16.9 Å². The van der Waals surface area contributed by atoms with Gasteiger partial charge in [-0.25, -0.2) is 0 Å². The molecule has 1 nitrogen and oxygen atoms in total. The van der Waals surface area contributed by atoms with Gasteiger partial charge in [-0.05, 0) is 0 Å². The minimum absolute atomic E-state index is 1.16. The Morgan fingerprint density at radius 3 is 2.00 bits per heavy atom. The van der Waals surface area contributed by atoms with Gasteiger partial charge in [0.1, 0.15) is 0 Å². The molecule has 30 valence electrons. The second-order valence-electron chi connectivity index (χ2n) is 0.974. The van der Waals surface area contributed by atoms with Crippen LogP contribution in [0.25, 0.3) is 0 Å². The van der Waals surface area contributed by atoms with Crippen LogP contribution in [-0.2, 0) is 21.3 Å². The van der Waals surface area contributed by atoms with Crippen LogP contribution in [0, 0.1) is 0 Å². The first kappa shape index (κ1) is 5.70. The molecule has 0 rings (SSSR count). The zero-order valence-electron chi connectivity index (χ0n) is 3.60. The van der Waals surface area contributed by atoms with Crippen molar-refractivity contribution in [1.29, 1.82) is 0 Å². The average molecular weight is 151 g/mol. The summed E-state index contributed by atoms with van der Waals surface area (Å²) in [7, 11) is 2.08. The molecule has 0 radical (unpaired) electrons. The molecule has 0 spiro atoms. The predicted molar refractivity (Wildman–Crippen MR) is 18.3 cm³/mol. The second-order valence-corrected chi connectivity index (χ2v) is 2.65. The van der Waals surface area contributed by atoms with E-state index >= 15 is 0 Å². The van der Waals surface area contributed by atoms with Gasteiger partial charge < -0.3 is 0 Å². The molecule has 0 aromatic heterocycles. The molecule has 0 saturated carbocycles. The van der Waals surface area contributed by atoms with Gasteiger partial charge in [-0.1, -0.05) is 0 Å². The van der Waals surface area contributed by atoms with Gasteiger partial charge in [-0.3, -0.25) is 0 Å². The first-order valence-electron chi connectivity index (χ1n) is 1.67. The molecular formula is C3H8NNb. The van der Waals surface area contributed by atoms with E-state index in [0.29, 0.717) is 0 Å². The van der Waals surface area contributed by atoms with E-state index in [1.807, 2.05) is 0 Å². The van der Waals surface area contributed by atoms with Crippen molar-refractivity contribution in [1.82, 2.24) is 3.30 Å². The molecule has 0 unspecified atom stereocenters. The van der Waals surface area contributed by atoms with Gasteiger partial charge in [0.2, 0.25) is 0 Å². The molecule has 2 heteroatoms. The van der Waals surface area contributed by atoms with Crippen LogP contribution in [0.5, 0.6) is 0 Å². The van der Waals surface area contributed by atoms with Crippen LogP contribution in [0.3, 0.4) is 0 Å². The summed E-state index contributed by atoms with van der Waals surface area (Å²) in [5.41, 5.74) is 0. The molecule has 0 heterocycles. The van der Waals surface area contributed by atoms with Crippen molar-refractivity contribution in [2.24, 2.45) is 0 Å². The molecule has 0 aromatic rings. The fraction of sp³-hybridized carbons (Fsp3) is 1.00. The summed E-state index contributed by atoms with van der Waals surface area (Å²) in [6.07, 6.45) is 0.